The largest absolute Gasteiger partial charge is 0.469 e. The number of carbonyl (C=O) groups is 1. The van der Waals surface area contributed by atoms with Crippen LogP contribution in [0.15, 0.2) is 0 Å². The number of carbonyl (C=O) groups excluding carboxylic acids is 1. The molecule has 0 spiro atoms. The molecule has 18 heavy (non-hydrogen) atoms. The molecular formula is C12H19N3O2S. The van der Waals surface area contributed by atoms with Crippen molar-refractivity contribution in [2.75, 3.05) is 12.9 Å². The van der Waals surface area contributed by atoms with Crippen molar-refractivity contribution in [3.8, 4) is 0 Å². The number of thioether (sulfide) groups is 1. The summed E-state index contributed by atoms with van der Waals surface area (Å²) in [7, 11) is 3.43. The minimum atomic E-state index is -0.0948. The van der Waals surface area contributed by atoms with E-state index in [9.17, 15) is 4.79 Å². The van der Waals surface area contributed by atoms with Crippen LogP contribution < -0.4 is 0 Å². The summed E-state index contributed by atoms with van der Waals surface area (Å²) in [6.45, 7) is 1.95. The zero-order valence-corrected chi connectivity index (χ0v) is 11.9. The first kappa shape index (κ1) is 13.4. The van der Waals surface area contributed by atoms with Crippen LogP contribution in [0.2, 0.25) is 0 Å². The Labute approximate surface area is 111 Å². The van der Waals surface area contributed by atoms with Gasteiger partial charge in [0, 0.05) is 7.05 Å². The first-order valence-electron chi connectivity index (χ1n) is 6.06. The number of hydrogen-bond acceptors (Lipinski definition) is 5. The number of aromatic nitrogens is 3. The number of hydrogen-bond donors (Lipinski definition) is 0. The molecule has 1 aromatic rings. The maximum atomic E-state index is 11.3. The average Bonchev–Trinajstić information content (AvgIpc) is 3.04. The SMILES string of the molecule is COC(=O)CC1(CSCc2nnc(C)n2C)CC1. The topological polar surface area (TPSA) is 57.0 Å². The van der Waals surface area contributed by atoms with E-state index in [1.807, 2.05) is 30.3 Å². The van der Waals surface area contributed by atoms with Crippen molar-refractivity contribution >= 4 is 17.7 Å². The number of aryl methyl sites for hydroxylation is 1. The normalized spacial score (nSPS) is 16.6. The van der Waals surface area contributed by atoms with Crippen molar-refractivity contribution in [2.45, 2.75) is 31.9 Å². The first-order chi connectivity index (χ1) is 8.56. The Hall–Kier alpha value is -1.04. The van der Waals surface area contributed by atoms with Gasteiger partial charge in [0.25, 0.3) is 0 Å². The van der Waals surface area contributed by atoms with Crippen LogP contribution in [0.5, 0.6) is 0 Å². The Morgan fingerprint density at radius 3 is 2.72 bits per heavy atom. The van der Waals surface area contributed by atoms with Gasteiger partial charge in [0.05, 0.1) is 19.3 Å². The lowest BCUT2D eigenvalue weighted by atomic mass is 10.1. The standard InChI is InChI=1S/C12H19N3O2S/c1-9-13-14-10(15(9)2)7-18-8-12(4-5-12)6-11(16)17-3/h4-8H2,1-3H3. The molecule has 0 saturated heterocycles. The molecule has 1 saturated carbocycles. The van der Waals surface area contributed by atoms with Crippen LogP contribution in [-0.2, 0) is 22.3 Å². The van der Waals surface area contributed by atoms with Gasteiger partial charge in [-0.2, -0.15) is 11.8 Å². The van der Waals surface area contributed by atoms with Gasteiger partial charge in [-0.25, -0.2) is 0 Å². The van der Waals surface area contributed by atoms with Gasteiger partial charge in [-0.1, -0.05) is 0 Å². The number of nitrogens with zero attached hydrogens (tertiary/aromatic N) is 3. The highest BCUT2D eigenvalue weighted by Crippen LogP contribution is 2.51. The van der Waals surface area contributed by atoms with Crippen LogP contribution in [0.1, 0.15) is 30.9 Å². The molecule has 1 aliphatic carbocycles. The predicted molar refractivity (Wildman–Crippen MR) is 70.2 cm³/mol. The van der Waals surface area contributed by atoms with E-state index in [0.29, 0.717) is 6.42 Å². The van der Waals surface area contributed by atoms with Gasteiger partial charge in [-0.15, -0.1) is 10.2 Å². The van der Waals surface area contributed by atoms with Crippen molar-refractivity contribution in [3.63, 3.8) is 0 Å². The fourth-order valence-corrected chi connectivity index (χ4v) is 3.22. The van der Waals surface area contributed by atoms with E-state index in [0.717, 1.165) is 36.0 Å². The maximum absolute atomic E-state index is 11.3. The molecule has 5 nitrogen and oxygen atoms in total. The fourth-order valence-electron chi connectivity index (χ4n) is 1.86. The van der Waals surface area contributed by atoms with Crippen LogP contribution in [0.25, 0.3) is 0 Å². The molecule has 0 aliphatic heterocycles. The molecule has 0 unspecified atom stereocenters. The van der Waals surface area contributed by atoms with Gasteiger partial charge in [0.2, 0.25) is 0 Å². The second-order valence-corrected chi connectivity index (χ2v) is 5.95. The molecule has 0 N–H and O–H groups in total. The molecule has 0 atom stereocenters. The third-order valence-corrected chi connectivity index (χ3v) is 4.81. The van der Waals surface area contributed by atoms with E-state index in [1.165, 1.54) is 7.11 Å². The van der Waals surface area contributed by atoms with Crippen LogP contribution >= 0.6 is 11.8 Å². The van der Waals surface area contributed by atoms with E-state index in [1.54, 1.807) is 0 Å². The third kappa shape index (κ3) is 3.04. The summed E-state index contributed by atoms with van der Waals surface area (Å²) in [5.74, 6) is 3.67. The third-order valence-electron chi connectivity index (χ3n) is 3.53. The molecule has 0 aromatic carbocycles. The van der Waals surface area contributed by atoms with Crippen LogP contribution in [0.3, 0.4) is 0 Å². The summed E-state index contributed by atoms with van der Waals surface area (Å²) >= 11 is 1.82. The quantitative estimate of drug-likeness (QED) is 0.736. The molecule has 1 heterocycles. The van der Waals surface area contributed by atoms with Crippen molar-refractivity contribution < 1.29 is 9.53 Å². The Morgan fingerprint density at radius 2 is 2.22 bits per heavy atom. The number of rotatable bonds is 6. The molecule has 0 radical (unpaired) electrons. The summed E-state index contributed by atoms with van der Waals surface area (Å²) in [6.07, 6.45) is 2.81. The van der Waals surface area contributed by atoms with Crippen LogP contribution in [0.4, 0.5) is 0 Å². The summed E-state index contributed by atoms with van der Waals surface area (Å²) in [4.78, 5) is 11.3. The molecular weight excluding hydrogens is 250 g/mol. The highest BCUT2D eigenvalue weighted by Gasteiger charge is 2.44. The van der Waals surface area contributed by atoms with Crippen LogP contribution in [0, 0.1) is 12.3 Å². The Kier molecular flexibility index (Phi) is 3.94. The highest BCUT2D eigenvalue weighted by molar-refractivity contribution is 7.98. The zero-order chi connectivity index (χ0) is 13.2. The van der Waals surface area contributed by atoms with Gasteiger partial charge in [-0.3, -0.25) is 4.79 Å². The lowest BCUT2D eigenvalue weighted by molar-refractivity contribution is -0.141. The molecule has 1 aromatic heterocycles. The number of ether oxygens (including phenoxy) is 1. The summed E-state index contributed by atoms with van der Waals surface area (Å²) in [5, 5.41) is 8.17. The van der Waals surface area contributed by atoms with Gasteiger partial charge < -0.3 is 9.30 Å². The summed E-state index contributed by atoms with van der Waals surface area (Å²) < 4.78 is 6.75. The fraction of sp³-hybridized carbons (Fsp3) is 0.750. The van der Waals surface area contributed by atoms with Crippen molar-refractivity contribution in [1.82, 2.24) is 14.8 Å². The van der Waals surface area contributed by atoms with Gasteiger partial charge in [0.1, 0.15) is 11.6 Å². The second-order valence-electron chi connectivity index (χ2n) is 4.97. The molecule has 6 heteroatoms. The molecule has 2 rings (SSSR count). The Morgan fingerprint density at radius 1 is 1.50 bits per heavy atom. The second kappa shape index (κ2) is 5.30. The lowest BCUT2D eigenvalue weighted by Crippen LogP contribution is -2.13. The van der Waals surface area contributed by atoms with Gasteiger partial charge >= 0.3 is 5.97 Å². The number of esters is 1. The predicted octanol–water partition coefficient (Wildman–Crippen LogP) is 1.70. The molecule has 100 valence electrons. The summed E-state index contributed by atoms with van der Waals surface area (Å²) in [5.41, 5.74) is 0.186. The smallest absolute Gasteiger partial charge is 0.306 e. The Bertz CT molecular complexity index is 441. The molecule has 1 aliphatic rings. The summed E-state index contributed by atoms with van der Waals surface area (Å²) in [6, 6.07) is 0. The average molecular weight is 269 g/mol. The Balaban J connectivity index is 1.79. The maximum Gasteiger partial charge on any atom is 0.306 e. The van der Waals surface area contributed by atoms with E-state index in [4.69, 9.17) is 4.74 Å². The highest BCUT2D eigenvalue weighted by atomic mass is 32.2. The van der Waals surface area contributed by atoms with Gasteiger partial charge in [0.15, 0.2) is 0 Å². The first-order valence-corrected chi connectivity index (χ1v) is 7.21. The van der Waals surface area contributed by atoms with Crippen molar-refractivity contribution in [2.24, 2.45) is 12.5 Å². The van der Waals surface area contributed by atoms with Crippen molar-refractivity contribution in [1.29, 1.82) is 0 Å². The monoisotopic (exact) mass is 269 g/mol. The van der Waals surface area contributed by atoms with E-state index in [2.05, 4.69) is 10.2 Å². The molecule has 0 bridgehead atoms. The van der Waals surface area contributed by atoms with E-state index < -0.39 is 0 Å². The van der Waals surface area contributed by atoms with E-state index in [-0.39, 0.29) is 11.4 Å². The van der Waals surface area contributed by atoms with Crippen molar-refractivity contribution in [3.05, 3.63) is 11.6 Å². The zero-order valence-electron chi connectivity index (χ0n) is 11.1. The number of methoxy groups -OCH3 is 1. The lowest BCUT2D eigenvalue weighted by Gasteiger charge is -2.12. The minimum Gasteiger partial charge on any atom is -0.469 e. The molecule has 1 fully saturated rings. The van der Waals surface area contributed by atoms with E-state index >= 15 is 0 Å². The van der Waals surface area contributed by atoms with Gasteiger partial charge in [-0.05, 0) is 30.9 Å². The molecule has 0 amide bonds. The minimum absolute atomic E-state index is 0.0948. The van der Waals surface area contributed by atoms with Crippen LogP contribution in [-0.4, -0.2) is 33.6 Å².